The quantitative estimate of drug-likeness (QED) is 0.820. The Morgan fingerprint density at radius 1 is 1.33 bits per heavy atom. The molecule has 4 nitrogen and oxygen atoms in total. The first kappa shape index (κ1) is 12.8. The monoisotopic (exact) mass is 245 g/mol. The van der Waals surface area contributed by atoms with Crippen molar-refractivity contribution in [3.63, 3.8) is 0 Å². The topological polar surface area (TPSA) is 49.9 Å². The first-order valence-electron chi connectivity index (χ1n) is 6.17. The van der Waals surface area contributed by atoms with Crippen LogP contribution in [-0.2, 0) is 11.3 Å². The molecule has 0 saturated carbocycles. The fourth-order valence-corrected chi connectivity index (χ4v) is 1.89. The molecule has 96 valence electrons. The number of rotatable bonds is 6. The summed E-state index contributed by atoms with van der Waals surface area (Å²) in [7, 11) is 1.70. The van der Waals surface area contributed by atoms with Gasteiger partial charge in [-0.3, -0.25) is 0 Å². The van der Waals surface area contributed by atoms with Gasteiger partial charge in [-0.2, -0.15) is 0 Å². The molecule has 0 spiro atoms. The molecule has 1 unspecified atom stereocenters. The summed E-state index contributed by atoms with van der Waals surface area (Å²) in [5.41, 5.74) is 2.18. The minimum atomic E-state index is -0.137. The van der Waals surface area contributed by atoms with Crippen molar-refractivity contribution >= 4 is 0 Å². The molecule has 0 aliphatic rings. The highest BCUT2D eigenvalue weighted by Crippen LogP contribution is 2.22. The molecule has 2 rings (SSSR count). The first-order valence-corrected chi connectivity index (χ1v) is 6.17. The van der Waals surface area contributed by atoms with Gasteiger partial charge < -0.3 is 15.0 Å². The third kappa shape index (κ3) is 2.97. The molecular weight excluding hydrogens is 226 g/mol. The van der Waals surface area contributed by atoms with E-state index in [2.05, 4.69) is 22.2 Å². The van der Waals surface area contributed by atoms with Crippen molar-refractivity contribution in [3.8, 4) is 0 Å². The van der Waals surface area contributed by atoms with E-state index in [1.54, 1.807) is 7.11 Å². The Labute approximate surface area is 107 Å². The maximum absolute atomic E-state index is 5.53. The molecule has 0 fully saturated rings. The minimum absolute atomic E-state index is 0.137. The van der Waals surface area contributed by atoms with E-state index in [9.17, 15) is 0 Å². The molecule has 2 N–H and O–H groups in total. The Balaban J connectivity index is 2.15. The number of ether oxygens (including phenoxy) is 1. The number of imidazole rings is 1. The third-order valence-corrected chi connectivity index (χ3v) is 2.80. The zero-order valence-corrected chi connectivity index (χ0v) is 10.8. The lowest BCUT2D eigenvalue weighted by Gasteiger charge is -2.12. The van der Waals surface area contributed by atoms with Crippen LogP contribution in [0.15, 0.2) is 36.5 Å². The van der Waals surface area contributed by atoms with Crippen molar-refractivity contribution in [2.24, 2.45) is 0 Å². The van der Waals surface area contributed by atoms with Gasteiger partial charge in [-0.05, 0) is 12.1 Å². The molecule has 0 radical (unpaired) electrons. The average Bonchev–Trinajstić information content (AvgIpc) is 2.87. The first-order chi connectivity index (χ1) is 8.85. The SMILES string of the molecule is CCNCc1cnc(C(OC)c2ccccc2)[nH]1. The molecule has 2 aromatic rings. The van der Waals surface area contributed by atoms with Crippen LogP contribution >= 0.6 is 0 Å². The fraction of sp³-hybridized carbons (Fsp3) is 0.357. The summed E-state index contributed by atoms with van der Waals surface area (Å²) in [6, 6.07) is 10.1. The van der Waals surface area contributed by atoms with Crippen LogP contribution in [0.25, 0.3) is 0 Å². The second-order valence-electron chi connectivity index (χ2n) is 4.10. The maximum Gasteiger partial charge on any atom is 0.140 e. The van der Waals surface area contributed by atoms with E-state index in [4.69, 9.17) is 4.74 Å². The number of hydrogen-bond acceptors (Lipinski definition) is 3. The highest BCUT2D eigenvalue weighted by Gasteiger charge is 2.16. The Hall–Kier alpha value is -1.65. The Morgan fingerprint density at radius 3 is 2.78 bits per heavy atom. The van der Waals surface area contributed by atoms with Gasteiger partial charge in [0.15, 0.2) is 0 Å². The van der Waals surface area contributed by atoms with Crippen LogP contribution in [0.2, 0.25) is 0 Å². The van der Waals surface area contributed by atoms with Gasteiger partial charge in [0.2, 0.25) is 0 Å². The molecule has 0 aliphatic carbocycles. The highest BCUT2D eigenvalue weighted by atomic mass is 16.5. The lowest BCUT2D eigenvalue weighted by molar-refractivity contribution is 0.129. The summed E-state index contributed by atoms with van der Waals surface area (Å²) in [4.78, 5) is 7.69. The van der Waals surface area contributed by atoms with Crippen molar-refractivity contribution in [3.05, 3.63) is 53.6 Å². The number of benzene rings is 1. The molecule has 0 bridgehead atoms. The van der Waals surface area contributed by atoms with E-state index in [0.29, 0.717) is 0 Å². The summed E-state index contributed by atoms with van der Waals surface area (Å²) in [6.45, 7) is 3.83. The van der Waals surface area contributed by atoms with Gasteiger partial charge >= 0.3 is 0 Å². The van der Waals surface area contributed by atoms with Crippen LogP contribution in [0.3, 0.4) is 0 Å². The van der Waals surface area contributed by atoms with Crippen LogP contribution in [0.4, 0.5) is 0 Å². The van der Waals surface area contributed by atoms with Crippen LogP contribution in [-0.4, -0.2) is 23.6 Å². The van der Waals surface area contributed by atoms with Crippen molar-refractivity contribution in [2.45, 2.75) is 19.6 Å². The largest absolute Gasteiger partial charge is 0.369 e. The van der Waals surface area contributed by atoms with Gasteiger partial charge in [0.05, 0.1) is 0 Å². The summed E-state index contributed by atoms with van der Waals surface area (Å²) in [6.07, 6.45) is 1.72. The molecular formula is C14H19N3O. The number of methoxy groups -OCH3 is 1. The second-order valence-corrected chi connectivity index (χ2v) is 4.10. The van der Waals surface area contributed by atoms with E-state index in [1.165, 1.54) is 0 Å². The van der Waals surface area contributed by atoms with Gasteiger partial charge in [-0.1, -0.05) is 37.3 Å². The molecule has 4 heteroatoms. The zero-order valence-electron chi connectivity index (χ0n) is 10.8. The second kappa shape index (κ2) is 6.33. The summed E-state index contributed by atoms with van der Waals surface area (Å²) in [5.74, 6) is 0.844. The highest BCUT2D eigenvalue weighted by molar-refractivity contribution is 5.23. The number of nitrogens with zero attached hydrogens (tertiary/aromatic N) is 1. The molecule has 18 heavy (non-hydrogen) atoms. The summed E-state index contributed by atoms with van der Waals surface area (Å²) < 4.78 is 5.53. The zero-order chi connectivity index (χ0) is 12.8. The predicted molar refractivity (Wildman–Crippen MR) is 71.3 cm³/mol. The Bertz CT molecular complexity index is 467. The molecule has 1 heterocycles. The predicted octanol–water partition coefficient (Wildman–Crippen LogP) is 2.25. The molecule has 0 saturated heterocycles. The van der Waals surface area contributed by atoms with Crippen molar-refractivity contribution < 1.29 is 4.74 Å². The third-order valence-electron chi connectivity index (χ3n) is 2.80. The number of H-pyrrole nitrogens is 1. The van der Waals surface area contributed by atoms with E-state index in [1.807, 2.05) is 36.5 Å². The lowest BCUT2D eigenvalue weighted by Crippen LogP contribution is -2.12. The number of aromatic amines is 1. The van der Waals surface area contributed by atoms with Crippen molar-refractivity contribution in [2.75, 3.05) is 13.7 Å². The molecule has 1 atom stereocenters. The van der Waals surface area contributed by atoms with E-state index in [0.717, 1.165) is 30.2 Å². The normalized spacial score (nSPS) is 12.6. The van der Waals surface area contributed by atoms with Gasteiger partial charge in [0.1, 0.15) is 11.9 Å². The Morgan fingerprint density at radius 2 is 2.11 bits per heavy atom. The average molecular weight is 245 g/mol. The summed E-state index contributed by atoms with van der Waals surface area (Å²) in [5, 5.41) is 3.26. The van der Waals surface area contributed by atoms with Crippen LogP contribution < -0.4 is 5.32 Å². The number of aromatic nitrogens is 2. The van der Waals surface area contributed by atoms with E-state index >= 15 is 0 Å². The lowest BCUT2D eigenvalue weighted by atomic mass is 10.1. The van der Waals surface area contributed by atoms with Crippen molar-refractivity contribution in [1.82, 2.24) is 15.3 Å². The van der Waals surface area contributed by atoms with E-state index in [-0.39, 0.29) is 6.10 Å². The molecule has 1 aromatic carbocycles. The number of nitrogens with one attached hydrogen (secondary N) is 2. The number of hydrogen-bond donors (Lipinski definition) is 2. The van der Waals surface area contributed by atoms with Gasteiger partial charge in [-0.15, -0.1) is 0 Å². The van der Waals surface area contributed by atoms with Crippen LogP contribution in [0, 0.1) is 0 Å². The Kier molecular flexibility index (Phi) is 4.50. The van der Waals surface area contributed by atoms with E-state index < -0.39 is 0 Å². The van der Waals surface area contributed by atoms with Gasteiger partial charge in [0.25, 0.3) is 0 Å². The minimum Gasteiger partial charge on any atom is -0.369 e. The standard InChI is InChI=1S/C14H19N3O/c1-3-15-9-12-10-16-14(17-12)13(18-2)11-7-5-4-6-8-11/h4-8,10,13,15H,3,9H2,1-2H3,(H,16,17). The van der Waals surface area contributed by atoms with Crippen molar-refractivity contribution in [1.29, 1.82) is 0 Å². The van der Waals surface area contributed by atoms with Gasteiger partial charge in [0, 0.05) is 25.5 Å². The maximum atomic E-state index is 5.53. The van der Waals surface area contributed by atoms with Gasteiger partial charge in [-0.25, -0.2) is 4.98 Å². The molecule has 1 aromatic heterocycles. The molecule has 0 amide bonds. The van der Waals surface area contributed by atoms with Crippen LogP contribution in [0.1, 0.15) is 30.1 Å². The fourth-order valence-electron chi connectivity index (χ4n) is 1.89. The van der Waals surface area contributed by atoms with Crippen LogP contribution in [0.5, 0.6) is 0 Å². The smallest absolute Gasteiger partial charge is 0.140 e. The molecule has 0 aliphatic heterocycles. The summed E-state index contributed by atoms with van der Waals surface area (Å²) >= 11 is 0.